The van der Waals surface area contributed by atoms with E-state index < -0.39 is 0 Å². The molecule has 7 nitrogen and oxygen atoms in total. The van der Waals surface area contributed by atoms with Gasteiger partial charge in [0, 0.05) is 50.4 Å². The van der Waals surface area contributed by atoms with Gasteiger partial charge < -0.3 is 14.1 Å². The van der Waals surface area contributed by atoms with Gasteiger partial charge in [-0.25, -0.2) is 4.98 Å². The van der Waals surface area contributed by atoms with E-state index in [1.165, 1.54) is 0 Å². The summed E-state index contributed by atoms with van der Waals surface area (Å²) in [6, 6.07) is 3.47. The van der Waals surface area contributed by atoms with E-state index in [1.54, 1.807) is 18.4 Å². The normalized spacial score (nSPS) is 20.5. The van der Waals surface area contributed by atoms with Crippen LogP contribution in [0.2, 0.25) is 0 Å². The largest absolute Gasteiger partial charge is 0.472 e. The molecular weight excluding hydrogens is 332 g/mol. The highest BCUT2D eigenvalue weighted by molar-refractivity contribution is 5.91. The molecule has 0 aromatic carbocycles. The number of ether oxygens (including phenoxy) is 1. The van der Waals surface area contributed by atoms with E-state index in [2.05, 4.69) is 14.9 Å². The summed E-state index contributed by atoms with van der Waals surface area (Å²) in [5.74, 6) is 1.88. The number of hydrogen-bond donors (Lipinski definition) is 0. The highest BCUT2D eigenvalue weighted by atomic mass is 16.5. The van der Waals surface area contributed by atoms with E-state index >= 15 is 0 Å². The number of nitrogens with zero attached hydrogens (tertiary/aromatic N) is 4. The van der Waals surface area contributed by atoms with E-state index in [0.717, 1.165) is 62.0 Å². The van der Waals surface area contributed by atoms with Crippen LogP contribution in [0.5, 0.6) is 5.88 Å². The molecular formula is C19H24N4O3. The molecule has 0 unspecified atom stereocenters. The summed E-state index contributed by atoms with van der Waals surface area (Å²) in [4.78, 5) is 25.6. The van der Waals surface area contributed by atoms with Crippen LogP contribution in [0.4, 0.5) is 0 Å². The third kappa shape index (κ3) is 3.44. The third-order valence-electron chi connectivity index (χ3n) is 5.07. The van der Waals surface area contributed by atoms with Crippen LogP contribution >= 0.6 is 0 Å². The Morgan fingerprint density at radius 2 is 2.12 bits per heavy atom. The van der Waals surface area contributed by atoms with Gasteiger partial charge in [-0.15, -0.1) is 0 Å². The number of fused-ring (bicyclic) bond motifs is 1. The lowest BCUT2D eigenvalue weighted by molar-refractivity contribution is 0.0726. The molecule has 7 heteroatoms. The number of hydrogen-bond acceptors (Lipinski definition) is 6. The number of rotatable bonds is 3. The van der Waals surface area contributed by atoms with E-state index in [0.29, 0.717) is 12.3 Å². The van der Waals surface area contributed by atoms with Crippen LogP contribution in [0, 0.1) is 13.8 Å². The Kier molecular flexibility index (Phi) is 4.63. The first kappa shape index (κ1) is 17.0. The molecule has 2 aliphatic heterocycles. The van der Waals surface area contributed by atoms with Crippen LogP contribution in [0.25, 0.3) is 0 Å². The summed E-state index contributed by atoms with van der Waals surface area (Å²) in [5, 5.41) is 0. The summed E-state index contributed by atoms with van der Waals surface area (Å²) in [6.07, 6.45) is 3.45. The van der Waals surface area contributed by atoms with Crippen molar-refractivity contribution in [3.8, 4) is 5.88 Å². The first-order valence-corrected chi connectivity index (χ1v) is 9.16. The lowest BCUT2D eigenvalue weighted by atomic mass is 10.1. The van der Waals surface area contributed by atoms with Crippen LogP contribution in [-0.4, -0.2) is 64.5 Å². The molecule has 26 heavy (non-hydrogen) atoms. The Balaban J connectivity index is 1.34. The molecule has 1 fully saturated rings. The van der Waals surface area contributed by atoms with Gasteiger partial charge in [0.15, 0.2) is 5.76 Å². The Labute approximate surface area is 153 Å². The van der Waals surface area contributed by atoms with Crippen LogP contribution in [0.3, 0.4) is 0 Å². The number of furan rings is 1. The topological polar surface area (TPSA) is 71.7 Å². The summed E-state index contributed by atoms with van der Waals surface area (Å²) >= 11 is 0. The number of aromatic nitrogens is 2. The third-order valence-corrected chi connectivity index (χ3v) is 5.07. The molecule has 0 N–H and O–H groups in total. The van der Waals surface area contributed by atoms with Crippen molar-refractivity contribution in [1.82, 2.24) is 19.8 Å². The quantitative estimate of drug-likeness (QED) is 0.836. The minimum Gasteiger partial charge on any atom is -0.472 e. The molecule has 0 spiro atoms. The Morgan fingerprint density at radius 3 is 2.92 bits per heavy atom. The highest BCUT2D eigenvalue weighted by Crippen LogP contribution is 2.29. The van der Waals surface area contributed by atoms with E-state index in [1.807, 2.05) is 18.7 Å². The fourth-order valence-electron chi connectivity index (χ4n) is 3.77. The molecule has 1 saturated heterocycles. The van der Waals surface area contributed by atoms with Crippen molar-refractivity contribution in [3.05, 3.63) is 41.2 Å². The summed E-state index contributed by atoms with van der Waals surface area (Å²) in [6.45, 7) is 8.02. The lowest BCUT2D eigenvalue weighted by Crippen LogP contribution is -2.38. The number of carbonyl (C=O) groups excluding carboxylic acids is 1. The van der Waals surface area contributed by atoms with Crippen LogP contribution < -0.4 is 4.74 Å². The monoisotopic (exact) mass is 356 g/mol. The minimum absolute atomic E-state index is 0.0252. The van der Waals surface area contributed by atoms with Crippen molar-refractivity contribution in [2.45, 2.75) is 32.8 Å². The molecule has 2 aliphatic rings. The fourth-order valence-corrected chi connectivity index (χ4v) is 3.77. The molecule has 2 aromatic rings. The second kappa shape index (κ2) is 7.07. The van der Waals surface area contributed by atoms with Crippen molar-refractivity contribution < 1.29 is 13.9 Å². The summed E-state index contributed by atoms with van der Waals surface area (Å²) in [7, 11) is 0. The van der Waals surface area contributed by atoms with Crippen molar-refractivity contribution in [2.24, 2.45) is 0 Å². The van der Waals surface area contributed by atoms with E-state index in [-0.39, 0.29) is 12.0 Å². The van der Waals surface area contributed by atoms with Crippen LogP contribution in [0.15, 0.2) is 22.8 Å². The van der Waals surface area contributed by atoms with Gasteiger partial charge in [-0.1, -0.05) is 0 Å². The first-order valence-electron chi connectivity index (χ1n) is 9.16. The zero-order valence-corrected chi connectivity index (χ0v) is 15.3. The standard InChI is InChI=1S/C19H24N4O3/c1-13-16-11-15(26-18(16)21-14(2)20-13)12-22-6-4-7-23(9-8-22)19(24)17-5-3-10-25-17/h3,5,10,15H,4,6-9,11-12H2,1-2H3/t15-/m0/s1. The van der Waals surface area contributed by atoms with Gasteiger partial charge in [-0.2, -0.15) is 4.98 Å². The maximum atomic E-state index is 12.5. The van der Waals surface area contributed by atoms with Gasteiger partial charge in [0.25, 0.3) is 5.91 Å². The molecule has 0 saturated carbocycles. The van der Waals surface area contributed by atoms with Crippen LogP contribution in [-0.2, 0) is 6.42 Å². The average molecular weight is 356 g/mol. The Morgan fingerprint density at radius 1 is 1.23 bits per heavy atom. The number of amides is 1. The SMILES string of the molecule is Cc1nc(C)c2c(n1)O[C@H](CN1CCCN(C(=O)c3ccco3)CC1)C2. The lowest BCUT2D eigenvalue weighted by Gasteiger charge is -2.23. The Bertz CT molecular complexity index is 790. The predicted octanol–water partition coefficient (Wildman–Crippen LogP) is 1.84. The van der Waals surface area contributed by atoms with Gasteiger partial charge in [0.1, 0.15) is 11.9 Å². The maximum Gasteiger partial charge on any atom is 0.289 e. The second-order valence-electron chi connectivity index (χ2n) is 7.01. The van der Waals surface area contributed by atoms with E-state index in [4.69, 9.17) is 9.15 Å². The van der Waals surface area contributed by atoms with Crippen molar-refractivity contribution in [3.63, 3.8) is 0 Å². The summed E-state index contributed by atoms with van der Waals surface area (Å²) in [5.41, 5.74) is 2.14. The van der Waals surface area contributed by atoms with E-state index in [9.17, 15) is 4.79 Å². The molecule has 1 atom stereocenters. The zero-order chi connectivity index (χ0) is 18.1. The van der Waals surface area contributed by atoms with Gasteiger partial charge in [-0.3, -0.25) is 9.69 Å². The van der Waals surface area contributed by atoms with Crippen molar-refractivity contribution in [1.29, 1.82) is 0 Å². The molecule has 0 aliphatic carbocycles. The summed E-state index contributed by atoms with van der Waals surface area (Å²) < 4.78 is 11.3. The minimum atomic E-state index is -0.0252. The first-order chi connectivity index (χ1) is 12.6. The van der Waals surface area contributed by atoms with Gasteiger partial charge in [-0.05, 0) is 32.4 Å². The van der Waals surface area contributed by atoms with Crippen molar-refractivity contribution >= 4 is 5.91 Å². The predicted molar refractivity (Wildman–Crippen MR) is 95.3 cm³/mol. The fraction of sp³-hybridized carbons (Fsp3) is 0.526. The molecule has 138 valence electrons. The van der Waals surface area contributed by atoms with Gasteiger partial charge >= 0.3 is 0 Å². The number of aryl methyl sites for hydroxylation is 2. The smallest absolute Gasteiger partial charge is 0.289 e. The Hall–Kier alpha value is -2.41. The molecule has 0 radical (unpaired) electrons. The maximum absolute atomic E-state index is 12.5. The highest BCUT2D eigenvalue weighted by Gasteiger charge is 2.29. The molecule has 4 heterocycles. The number of carbonyl (C=O) groups is 1. The zero-order valence-electron chi connectivity index (χ0n) is 15.3. The van der Waals surface area contributed by atoms with Gasteiger partial charge in [0.2, 0.25) is 5.88 Å². The van der Waals surface area contributed by atoms with Crippen molar-refractivity contribution in [2.75, 3.05) is 32.7 Å². The second-order valence-corrected chi connectivity index (χ2v) is 7.01. The average Bonchev–Trinajstić information content (AvgIpc) is 3.21. The molecule has 0 bridgehead atoms. The van der Waals surface area contributed by atoms with Gasteiger partial charge in [0.05, 0.1) is 6.26 Å². The van der Waals surface area contributed by atoms with Crippen LogP contribution in [0.1, 0.15) is 34.1 Å². The molecule has 2 aromatic heterocycles. The molecule has 1 amide bonds. The molecule has 4 rings (SSSR count).